The molecule has 0 amide bonds. The molecule has 0 saturated carbocycles. The van der Waals surface area contributed by atoms with E-state index in [4.69, 9.17) is 6.15 Å². The number of unbranched alkanes of at least 4 members (excludes halogenated alkanes) is 2. The summed E-state index contributed by atoms with van der Waals surface area (Å²) in [7, 11) is 0. The maximum absolute atomic E-state index is 11.3. The third-order valence-electron chi connectivity index (χ3n) is 3.33. The van der Waals surface area contributed by atoms with Gasteiger partial charge in [0.05, 0.1) is 0 Å². The fraction of sp³-hybridized carbons (Fsp3) is 0.667. The summed E-state index contributed by atoms with van der Waals surface area (Å²) in [5.74, 6) is 1.22. The quantitative estimate of drug-likeness (QED) is 0.247. The van der Waals surface area contributed by atoms with Gasteiger partial charge in [-0.3, -0.25) is 0 Å². The van der Waals surface area contributed by atoms with Gasteiger partial charge in [0.2, 0.25) is 0 Å². The van der Waals surface area contributed by atoms with Crippen molar-refractivity contribution in [2.75, 3.05) is 0 Å². The topological polar surface area (TPSA) is 52.6 Å². The standard InChI is InChI=1S/2C5H8O2.2C4H9.Sn/c2*1-4(6)3-5(2)7;2*1-3-4-2;/h2*3,6H,1-2H3;2*1,3-4H2,2H3;/q;;;;+2/p-2/b2*4-3-;;;. The molecule has 0 unspecified atom stereocenters. The van der Waals surface area contributed by atoms with Gasteiger partial charge in [0.1, 0.15) is 0 Å². The number of allylic oxidation sites excluding steroid dienone is 4. The van der Waals surface area contributed by atoms with Crippen LogP contribution < -0.4 is 0 Å². The predicted molar refractivity (Wildman–Crippen MR) is 96.2 cm³/mol. The number of carbonyl (C=O) groups excluding carboxylic acids is 2. The molecule has 0 aromatic rings. The summed E-state index contributed by atoms with van der Waals surface area (Å²) in [6.45, 7) is 11.0. The van der Waals surface area contributed by atoms with E-state index in [1.165, 1.54) is 26.0 Å². The van der Waals surface area contributed by atoms with Crippen LogP contribution in [0.5, 0.6) is 0 Å². The molecule has 0 aliphatic heterocycles. The molecule has 132 valence electrons. The van der Waals surface area contributed by atoms with Crippen LogP contribution in [0.3, 0.4) is 0 Å². The first-order valence-electron chi connectivity index (χ1n) is 8.50. The van der Waals surface area contributed by atoms with Crippen LogP contribution >= 0.6 is 0 Å². The van der Waals surface area contributed by atoms with E-state index < -0.39 is 19.2 Å². The van der Waals surface area contributed by atoms with Gasteiger partial charge >= 0.3 is 146 Å². The Morgan fingerprint density at radius 1 is 0.783 bits per heavy atom. The average Bonchev–Trinajstić information content (AvgIpc) is 2.40. The van der Waals surface area contributed by atoms with E-state index in [1.807, 2.05) is 13.8 Å². The van der Waals surface area contributed by atoms with Crippen molar-refractivity contribution in [2.45, 2.75) is 76.1 Å². The van der Waals surface area contributed by atoms with Gasteiger partial charge in [-0.2, -0.15) is 0 Å². The molecule has 4 nitrogen and oxygen atoms in total. The second-order valence-corrected chi connectivity index (χ2v) is 15.3. The Morgan fingerprint density at radius 3 is 1.39 bits per heavy atom. The summed E-state index contributed by atoms with van der Waals surface area (Å²) in [5.41, 5.74) is 0. The van der Waals surface area contributed by atoms with Gasteiger partial charge in [0.25, 0.3) is 0 Å². The van der Waals surface area contributed by atoms with Gasteiger partial charge in [-0.05, 0) is 0 Å². The average molecular weight is 431 g/mol. The van der Waals surface area contributed by atoms with Crippen molar-refractivity contribution in [3.05, 3.63) is 23.7 Å². The number of carbonyl (C=O) groups is 2. The van der Waals surface area contributed by atoms with Crippen molar-refractivity contribution < 1.29 is 15.7 Å². The van der Waals surface area contributed by atoms with Crippen LogP contribution in [-0.2, 0) is 15.7 Å². The van der Waals surface area contributed by atoms with Gasteiger partial charge in [-0.15, -0.1) is 0 Å². The van der Waals surface area contributed by atoms with Crippen molar-refractivity contribution in [1.82, 2.24) is 0 Å². The fourth-order valence-electron chi connectivity index (χ4n) is 2.46. The van der Waals surface area contributed by atoms with Crippen LogP contribution in [0.1, 0.15) is 67.2 Å². The molecule has 0 spiro atoms. The van der Waals surface area contributed by atoms with Crippen molar-refractivity contribution in [2.24, 2.45) is 0 Å². The molecule has 0 aliphatic carbocycles. The van der Waals surface area contributed by atoms with Gasteiger partial charge in [0.15, 0.2) is 0 Å². The molecule has 0 N–H and O–H groups in total. The van der Waals surface area contributed by atoms with Crippen LogP contribution in [0, 0.1) is 0 Å². The Labute approximate surface area is 146 Å². The number of hydrogen-bond donors (Lipinski definition) is 0. The van der Waals surface area contributed by atoms with Crippen molar-refractivity contribution in [1.29, 1.82) is 0 Å². The fourth-order valence-corrected chi connectivity index (χ4v) is 13.2. The first-order valence-corrected chi connectivity index (χ1v) is 14.9. The van der Waals surface area contributed by atoms with E-state index >= 15 is 0 Å². The second kappa shape index (κ2) is 11.7. The molecule has 0 aromatic carbocycles. The zero-order valence-corrected chi connectivity index (χ0v) is 18.4. The monoisotopic (exact) mass is 432 g/mol. The van der Waals surface area contributed by atoms with Crippen LogP contribution in [0.2, 0.25) is 8.87 Å². The van der Waals surface area contributed by atoms with E-state index in [1.54, 1.807) is 0 Å². The van der Waals surface area contributed by atoms with Gasteiger partial charge < -0.3 is 0 Å². The van der Waals surface area contributed by atoms with Crippen molar-refractivity contribution >= 4 is 30.8 Å². The SMILES string of the molecule is CCC[CH2][Sn]([CH2]CCC)([O]/C(C)=C\C(C)=O)[O]/C(C)=C\C(C)=O. The van der Waals surface area contributed by atoms with Gasteiger partial charge in [0, 0.05) is 0 Å². The maximum atomic E-state index is 11.3. The van der Waals surface area contributed by atoms with Crippen molar-refractivity contribution in [3.63, 3.8) is 0 Å². The molecule has 0 radical (unpaired) electrons. The molecule has 0 bridgehead atoms. The van der Waals surface area contributed by atoms with E-state index in [-0.39, 0.29) is 11.6 Å². The molecule has 0 heterocycles. The Hall–Kier alpha value is -0.781. The van der Waals surface area contributed by atoms with E-state index in [0.717, 1.165) is 34.6 Å². The summed E-state index contributed by atoms with van der Waals surface area (Å²) in [4.78, 5) is 22.6. The first-order chi connectivity index (χ1) is 10.7. The number of hydrogen-bond acceptors (Lipinski definition) is 4. The normalized spacial score (nSPS) is 13.0. The molecular weight excluding hydrogens is 399 g/mol. The minimum absolute atomic E-state index is 0.0235. The predicted octanol–water partition coefficient (Wildman–Crippen LogP) is 5.05. The summed E-state index contributed by atoms with van der Waals surface area (Å²) in [6.07, 6.45) is 7.28. The zero-order chi connectivity index (χ0) is 17.9. The van der Waals surface area contributed by atoms with Crippen LogP contribution in [-0.4, -0.2) is 30.8 Å². The van der Waals surface area contributed by atoms with Crippen LogP contribution in [0.15, 0.2) is 23.7 Å². The van der Waals surface area contributed by atoms with Crippen molar-refractivity contribution in [3.8, 4) is 0 Å². The third kappa shape index (κ3) is 10.6. The first kappa shape index (κ1) is 22.2. The molecule has 0 saturated heterocycles. The van der Waals surface area contributed by atoms with Gasteiger partial charge in [-0.1, -0.05) is 0 Å². The van der Waals surface area contributed by atoms with E-state index in [0.29, 0.717) is 11.5 Å². The molecule has 5 heteroatoms. The summed E-state index contributed by atoms with van der Waals surface area (Å²) in [5, 5.41) is 0. The number of ketones is 2. The van der Waals surface area contributed by atoms with Gasteiger partial charge in [-0.25, -0.2) is 0 Å². The molecule has 0 aromatic heterocycles. The summed E-state index contributed by atoms with van der Waals surface area (Å²) < 4.78 is 14.4. The Morgan fingerprint density at radius 2 is 1.13 bits per heavy atom. The summed E-state index contributed by atoms with van der Waals surface area (Å²) in [6, 6.07) is 0. The molecule has 0 rings (SSSR count). The van der Waals surface area contributed by atoms with Crippen LogP contribution in [0.25, 0.3) is 0 Å². The molecule has 0 fully saturated rings. The third-order valence-corrected chi connectivity index (χ3v) is 13.7. The Kier molecular flexibility index (Phi) is 11.3. The Bertz CT molecular complexity index is 410. The minimum atomic E-state index is -3.42. The van der Waals surface area contributed by atoms with E-state index in [2.05, 4.69) is 13.8 Å². The molecule has 0 aliphatic rings. The molecule has 0 atom stereocenters. The zero-order valence-electron chi connectivity index (χ0n) is 15.5. The Balaban J connectivity index is 5.46. The molecule has 23 heavy (non-hydrogen) atoms. The number of rotatable bonds is 12. The van der Waals surface area contributed by atoms with Crippen LogP contribution in [0.4, 0.5) is 0 Å². The van der Waals surface area contributed by atoms with E-state index in [9.17, 15) is 9.59 Å². The second-order valence-electron chi connectivity index (χ2n) is 6.05. The summed E-state index contributed by atoms with van der Waals surface area (Å²) >= 11 is -3.42. The molecular formula is C18H32O4Sn.